The van der Waals surface area contributed by atoms with Gasteiger partial charge in [-0.1, -0.05) is 0 Å². The first-order valence-corrected chi connectivity index (χ1v) is 8.40. The number of ether oxygens (including phenoxy) is 2. The van der Waals surface area contributed by atoms with E-state index in [9.17, 15) is 19.7 Å². The van der Waals surface area contributed by atoms with Crippen molar-refractivity contribution in [3.05, 3.63) is 70.3 Å². The maximum absolute atomic E-state index is 12.4. The first kappa shape index (κ1) is 20.3. The zero-order valence-electron chi connectivity index (χ0n) is 15.9. The zero-order valence-corrected chi connectivity index (χ0v) is 15.9. The van der Waals surface area contributed by atoms with E-state index in [1.54, 1.807) is 6.07 Å². The molecule has 0 aliphatic heterocycles. The van der Waals surface area contributed by atoms with Crippen molar-refractivity contribution in [2.24, 2.45) is 0 Å². The van der Waals surface area contributed by atoms with Crippen LogP contribution in [0.4, 0.5) is 5.69 Å². The second-order valence-electron chi connectivity index (χ2n) is 5.81. The summed E-state index contributed by atoms with van der Waals surface area (Å²) in [4.78, 5) is 39.2. The molecule has 30 heavy (non-hydrogen) atoms. The Morgan fingerprint density at radius 3 is 2.17 bits per heavy atom. The third-order valence-electron chi connectivity index (χ3n) is 4.00. The third-order valence-corrected chi connectivity index (χ3v) is 4.00. The van der Waals surface area contributed by atoms with Gasteiger partial charge in [-0.05, 0) is 24.3 Å². The van der Waals surface area contributed by atoms with Crippen LogP contribution in [0.15, 0.2) is 49.1 Å². The number of nitro benzene ring substituents is 1. The fourth-order valence-electron chi connectivity index (χ4n) is 2.53. The fraction of sp³-hybridized carbons (Fsp3) is 0.111. The second-order valence-corrected chi connectivity index (χ2v) is 5.81. The number of nitrogens with zero attached hydrogens (tertiary/aromatic N) is 4. The molecule has 0 bridgehead atoms. The summed E-state index contributed by atoms with van der Waals surface area (Å²) in [6.07, 6.45) is 2.53. The highest BCUT2D eigenvalue weighted by atomic mass is 16.6. The van der Waals surface area contributed by atoms with Gasteiger partial charge in [-0.15, -0.1) is 0 Å². The predicted molar refractivity (Wildman–Crippen MR) is 102 cm³/mol. The van der Waals surface area contributed by atoms with Crippen LogP contribution in [0.2, 0.25) is 0 Å². The SMILES string of the molecule is COc1cc(OC)cc(C(=O)NNC(=O)c2ccc(-n3cncn3)c([N+](=O)[O-])c2)c1. The van der Waals surface area contributed by atoms with Crippen molar-refractivity contribution in [1.82, 2.24) is 25.6 Å². The van der Waals surface area contributed by atoms with Crippen molar-refractivity contribution < 1.29 is 24.0 Å². The van der Waals surface area contributed by atoms with Crippen molar-refractivity contribution in [2.45, 2.75) is 0 Å². The van der Waals surface area contributed by atoms with Crippen LogP contribution in [0.1, 0.15) is 20.7 Å². The lowest BCUT2D eigenvalue weighted by molar-refractivity contribution is -0.384. The molecule has 2 N–H and O–H groups in total. The summed E-state index contributed by atoms with van der Waals surface area (Å²) in [5.41, 5.74) is 4.40. The molecule has 2 amide bonds. The minimum Gasteiger partial charge on any atom is -0.497 e. The lowest BCUT2D eigenvalue weighted by Crippen LogP contribution is -2.41. The van der Waals surface area contributed by atoms with E-state index in [1.165, 1.54) is 55.8 Å². The van der Waals surface area contributed by atoms with Crippen LogP contribution in [0.5, 0.6) is 11.5 Å². The van der Waals surface area contributed by atoms with Gasteiger partial charge < -0.3 is 9.47 Å². The maximum atomic E-state index is 12.4. The fourth-order valence-corrected chi connectivity index (χ4v) is 2.53. The number of carbonyl (C=O) groups is 2. The van der Waals surface area contributed by atoms with E-state index in [0.29, 0.717) is 11.5 Å². The van der Waals surface area contributed by atoms with Gasteiger partial charge in [0.2, 0.25) is 0 Å². The average molecular weight is 412 g/mol. The lowest BCUT2D eigenvalue weighted by Gasteiger charge is -2.10. The number of methoxy groups -OCH3 is 2. The summed E-state index contributed by atoms with van der Waals surface area (Å²) in [6.45, 7) is 0. The van der Waals surface area contributed by atoms with Crippen LogP contribution in [0.25, 0.3) is 5.69 Å². The lowest BCUT2D eigenvalue weighted by atomic mass is 10.1. The number of amides is 2. The molecule has 12 heteroatoms. The van der Waals surface area contributed by atoms with Gasteiger partial charge in [0.1, 0.15) is 29.8 Å². The molecule has 0 spiro atoms. The molecule has 0 fully saturated rings. The van der Waals surface area contributed by atoms with E-state index in [4.69, 9.17) is 9.47 Å². The summed E-state index contributed by atoms with van der Waals surface area (Å²) in [5.74, 6) is -0.587. The first-order chi connectivity index (χ1) is 14.4. The quantitative estimate of drug-likeness (QED) is 0.454. The van der Waals surface area contributed by atoms with Crippen molar-refractivity contribution in [1.29, 1.82) is 0 Å². The molecule has 0 unspecified atom stereocenters. The molecule has 0 saturated carbocycles. The van der Waals surface area contributed by atoms with E-state index < -0.39 is 16.7 Å². The van der Waals surface area contributed by atoms with Crippen molar-refractivity contribution in [3.63, 3.8) is 0 Å². The summed E-state index contributed by atoms with van der Waals surface area (Å²) in [7, 11) is 2.88. The highest BCUT2D eigenvalue weighted by molar-refractivity contribution is 6.00. The molecule has 0 aliphatic rings. The number of hydrogen-bond acceptors (Lipinski definition) is 8. The number of hydrazine groups is 1. The Morgan fingerprint density at radius 2 is 1.63 bits per heavy atom. The summed E-state index contributed by atoms with van der Waals surface area (Å²) in [5, 5.41) is 15.2. The number of carbonyl (C=O) groups excluding carboxylic acids is 2. The Bertz CT molecular complexity index is 1080. The van der Waals surface area contributed by atoms with Crippen molar-refractivity contribution in [2.75, 3.05) is 14.2 Å². The van der Waals surface area contributed by atoms with E-state index in [-0.39, 0.29) is 22.5 Å². The number of rotatable bonds is 6. The molecule has 2 aromatic carbocycles. The highest BCUT2D eigenvalue weighted by Gasteiger charge is 2.20. The largest absolute Gasteiger partial charge is 0.497 e. The summed E-state index contributed by atoms with van der Waals surface area (Å²) >= 11 is 0. The van der Waals surface area contributed by atoms with Crippen LogP contribution >= 0.6 is 0 Å². The van der Waals surface area contributed by atoms with Gasteiger partial charge >= 0.3 is 0 Å². The Hall–Kier alpha value is -4.48. The molecule has 12 nitrogen and oxygen atoms in total. The van der Waals surface area contributed by atoms with Crippen LogP contribution in [0, 0.1) is 10.1 Å². The van der Waals surface area contributed by atoms with E-state index >= 15 is 0 Å². The minimum absolute atomic E-state index is 0.0333. The van der Waals surface area contributed by atoms with Crippen LogP contribution in [-0.4, -0.2) is 45.7 Å². The molecule has 3 aromatic rings. The van der Waals surface area contributed by atoms with Gasteiger partial charge in [-0.25, -0.2) is 9.67 Å². The molecule has 0 aliphatic carbocycles. The zero-order chi connectivity index (χ0) is 21.7. The number of benzene rings is 2. The van der Waals surface area contributed by atoms with E-state index in [2.05, 4.69) is 20.9 Å². The molecule has 0 atom stereocenters. The Kier molecular flexibility index (Phi) is 5.86. The minimum atomic E-state index is -0.744. The van der Waals surface area contributed by atoms with Gasteiger partial charge in [-0.2, -0.15) is 5.10 Å². The monoisotopic (exact) mass is 412 g/mol. The number of hydrogen-bond donors (Lipinski definition) is 2. The van der Waals surface area contributed by atoms with Gasteiger partial charge in [-0.3, -0.25) is 30.6 Å². The maximum Gasteiger partial charge on any atom is 0.295 e. The first-order valence-electron chi connectivity index (χ1n) is 8.40. The molecule has 0 radical (unpaired) electrons. The van der Waals surface area contributed by atoms with E-state index in [0.717, 1.165) is 6.07 Å². The molecule has 0 saturated heterocycles. The Labute approximate surface area is 169 Å². The molecular weight excluding hydrogens is 396 g/mol. The van der Waals surface area contributed by atoms with E-state index in [1.807, 2.05) is 0 Å². The smallest absolute Gasteiger partial charge is 0.295 e. The van der Waals surface area contributed by atoms with Crippen LogP contribution < -0.4 is 20.3 Å². The Morgan fingerprint density at radius 1 is 1.00 bits per heavy atom. The van der Waals surface area contributed by atoms with Gasteiger partial charge in [0.25, 0.3) is 17.5 Å². The summed E-state index contributed by atoms with van der Waals surface area (Å²) < 4.78 is 11.4. The third kappa shape index (κ3) is 4.32. The van der Waals surface area contributed by atoms with Crippen molar-refractivity contribution in [3.8, 4) is 17.2 Å². The molecule has 1 heterocycles. The van der Waals surface area contributed by atoms with Crippen molar-refractivity contribution >= 4 is 17.5 Å². The molecular formula is C18H16N6O6. The van der Waals surface area contributed by atoms with Gasteiger partial charge in [0, 0.05) is 23.3 Å². The molecule has 3 rings (SSSR count). The average Bonchev–Trinajstić information content (AvgIpc) is 3.31. The normalized spacial score (nSPS) is 10.2. The highest BCUT2D eigenvalue weighted by Crippen LogP contribution is 2.24. The van der Waals surface area contributed by atoms with Crippen LogP contribution in [0.3, 0.4) is 0 Å². The van der Waals surface area contributed by atoms with Gasteiger partial charge in [0.05, 0.1) is 19.1 Å². The number of nitrogens with one attached hydrogen (secondary N) is 2. The predicted octanol–water partition coefficient (Wildman–Crippen LogP) is 1.27. The second kappa shape index (κ2) is 8.68. The molecule has 1 aromatic heterocycles. The van der Waals surface area contributed by atoms with Crippen LogP contribution in [-0.2, 0) is 0 Å². The standard InChI is InChI=1S/C18H16N6O6/c1-29-13-5-12(6-14(8-13)30-2)18(26)22-21-17(25)11-3-4-15(16(7-11)24(27)28)23-10-19-9-20-23/h3-10H,1-2H3,(H,21,25)(H,22,26). The number of nitro groups is 1. The number of aromatic nitrogens is 3. The molecule has 154 valence electrons. The summed E-state index contributed by atoms with van der Waals surface area (Å²) in [6, 6.07) is 8.30. The topological polar surface area (TPSA) is 151 Å². The van der Waals surface area contributed by atoms with Gasteiger partial charge in [0.15, 0.2) is 0 Å². The Balaban J connectivity index is 1.76.